The van der Waals surface area contributed by atoms with Crippen molar-refractivity contribution < 1.29 is 0 Å². The van der Waals surface area contributed by atoms with Crippen LogP contribution in [0.1, 0.15) is 46.1 Å². The predicted octanol–water partition coefficient (Wildman–Crippen LogP) is 5.19. The third kappa shape index (κ3) is 5.17. The Morgan fingerprint density at radius 3 is 2.38 bits per heavy atom. The second-order valence-corrected chi connectivity index (χ2v) is 7.24. The van der Waals surface area contributed by atoms with Gasteiger partial charge in [-0.2, -0.15) is 0 Å². The first kappa shape index (κ1) is 16.0. The Morgan fingerprint density at radius 2 is 1.71 bits per heavy atom. The van der Waals surface area contributed by atoms with Gasteiger partial charge in [-0.3, -0.25) is 0 Å². The molecule has 21 heavy (non-hydrogen) atoms. The van der Waals surface area contributed by atoms with Gasteiger partial charge in [0, 0.05) is 6.04 Å². The molecule has 0 bridgehead atoms. The van der Waals surface area contributed by atoms with Gasteiger partial charge in [0.15, 0.2) is 0 Å². The van der Waals surface area contributed by atoms with Gasteiger partial charge >= 0.3 is 0 Å². The van der Waals surface area contributed by atoms with E-state index in [1.807, 2.05) is 0 Å². The van der Waals surface area contributed by atoms with Crippen LogP contribution in [0.3, 0.4) is 0 Å². The molecule has 1 atom stereocenters. The molecule has 0 aliphatic heterocycles. The maximum Gasteiger partial charge on any atom is 0.0108 e. The van der Waals surface area contributed by atoms with E-state index in [2.05, 4.69) is 75.5 Å². The van der Waals surface area contributed by atoms with Crippen molar-refractivity contribution in [2.24, 2.45) is 5.41 Å². The van der Waals surface area contributed by atoms with Gasteiger partial charge in [-0.05, 0) is 47.6 Å². The lowest BCUT2D eigenvalue weighted by Gasteiger charge is -2.24. The smallest absolute Gasteiger partial charge is 0.0108 e. The summed E-state index contributed by atoms with van der Waals surface area (Å²) >= 11 is 0. The lowest BCUT2D eigenvalue weighted by molar-refractivity contribution is 0.330. The molecule has 0 aliphatic carbocycles. The van der Waals surface area contributed by atoms with Crippen LogP contribution in [0.25, 0.3) is 10.8 Å². The quantitative estimate of drug-likeness (QED) is 0.769. The van der Waals surface area contributed by atoms with Crippen LogP contribution in [0.2, 0.25) is 0 Å². The molecule has 1 unspecified atom stereocenters. The van der Waals surface area contributed by atoms with Crippen molar-refractivity contribution in [3.8, 4) is 0 Å². The predicted molar refractivity (Wildman–Crippen MR) is 93.8 cm³/mol. The molecule has 0 radical (unpaired) electrons. The normalized spacial score (nSPS) is 13.5. The van der Waals surface area contributed by atoms with Crippen molar-refractivity contribution >= 4 is 10.8 Å². The fraction of sp³-hybridized carbons (Fsp3) is 0.500. The monoisotopic (exact) mass is 283 g/mol. The third-order valence-electron chi connectivity index (χ3n) is 4.03. The van der Waals surface area contributed by atoms with E-state index in [4.69, 9.17) is 0 Å². The molecule has 114 valence electrons. The largest absolute Gasteiger partial charge is 0.314 e. The number of nitrogens with one attached hydrogen (secondary N) is 1. The Bertz CT molecular complexity index is 565. The van der Waals surface area contributed by atoms with Gasteiger partial charge in [0.2, 0.25) is 0 Å². The Kier molecular flexibility index (Phi) is 5.41. The van der Waals surface area contributed by atoms with Gasteiger partial charge in [-0.1, -0.05) is 70.2 Å². The minimum absolute atomic E-state index is 0.414. The first-order valence-corrected chi connectivity index (χ1v) is 8.19. The molecule has 0 saturated carbocycles. The number of hydrogen-bond donors (Lipinski definition) is 1. The fourth-order valence-electron chi connectivity index (χ4n) is 2.82. The van der Waals surface area contributed by atoms with Crippen molar-refractivity contribution in [2.75, 3.05) is 6.54 Å². The van der Waals surface area contributed by atoms with Crippen LogP contribution in [-0.2, 0) is 6.42 Å². The molecule has 0 saturated heterocycles. The van der Waals surface area contributed by atoms with Crippen LogP contribution in [0, 0.1) is 5.41 Å². The summed E-state index contributed by atoms with van der Waals surface area (Å²) in [5, 5.41) is 6.33. The van der Waals surface area contributed by atoms with E-state index in [0.29, 0.717) is 11.5 Å². The van der Waals surface area contributed by atoms with E-state index in [1.54, 1.807) is 0 Å². The van der Waals surface area contributed by atoms with Gasteiger partial charge in [0.25, 0.3) is 0 Å². The highest BCUT2D eigenvalue weighted by Crippen LogP contribution is 2.23. The summed E-state index contributed by atoms with van der Waals surface area (Å²) in [5.74, 6) is 0. The molecular weight excluding hydrogens is 254 g/mol. The maximum atomic E-state index is 3.65. The average molecular weight is 283 g/mol. The summed E-state index contributed by atoms with van der Waals surface area (Å²) in [6.45, 7) is 10.2. The molecular formula is C20H29N. The van der Waals surface area contributed by atoms with E-state index < -0.39 is 0 Å². The fourth-order valence-corrected chi connectivity index (χ4v) is 2.82. The summed E-state index contributed by atoms with van der Waals surface area (Å²) in [5.41, 5.74) is 1.85. The zero-order chi connectivity index (χ0) is 15.3. The Labute approximate surface area is 129 Å². The van der Waals surface area contributed by atoms with Crippen molar-refractivity contribution in [2.45, 2.75) is 53.0 Å². The molecule has 2 rings (SSSR count). The minimum Gasteiger partial charge on any atom is -0.314 e. The molecule has 1 N–H and O–H groups in total. The molecule has 0 amide bonds. The van der Waals surface area contributed by atoms with Crippen LogP contribution < -0.4 is 5.32 Å². The average Bonchev–Trinajstić information content (AvgIpc) is 2.44. The minimum atomic E-state index is 0.414. The first-order valence-electron chi connectivity index (χ1n) is 8.19. The van der Waals surface area contributed by atoms with Crippen LogP contribution in [-0.4, -0.2) is 12.6 Å². The van der Waals surface area contributed by atoms with E-state index >= 15 is 0 Å². The van der Waals surface area contributed by atoms with E-state index in [9.17, 15) is 0 Å². The number of fused-ring (bicyclic) bond motifs is 1. The molecule has 2 aromatic carbocycles. The summed E-state index contributed by atoms with van der Waals surface area (Å²) in [4.78, 5) is 0. The first-order chi connectivity index (χ1) is 9.98. The molecule has 2 aromatic rings. The number of hydrogen-bond acceptors (Lipinski definition) is 1. The van der Waals surface area contributed by atoms with Gasteiger partial charge in [-0.25, -0.2) is 0 Å². The van der Waals surface area contributed by atoms with E-state index in [0.717, 1.165) is 13.0 Å². The van der Waals surface area contributed by atoms with Crippen molar-refractivity contribution in [3.63, 3.8) is 0 Å². The highest BCUT2D eigenvalue weighted by atomic mass is 14.9. The molecule has 0 spiro atoms. The van der Waals surface area contributed by atoms with Crippen molar-refractivity contribution in [3.05, 3.63) is 48.0 Å². The van der Waals surface area contributed by atoms with Crippen LogP contribution in [0.15, 0.2) is 42.5 Å². The topological polar surface area (TPSA) is 12.0 Å². The second-order valence-electron chi connectivity index (χ2n) is 7.24. The highest BCUT2D eigenvalue weighted by Gasteiger charge is 2.15. The molecule has 1 heteroatoms. The van der Waals surface area contributed by atoms with Crippen molar-refractivity contribution in [1.82, 2.24) is 5.32 Å². The standard InChI is InChI=1S/C20H29N/c1-5-21-19(12-13-20(2,3)4)15-16-10-11-17-8-6-7-9-18(17)14-16/h6-11,14,19,21H,5,12-13,15H2,1-4H3. The van der Waals surface area contributed by atoms with Gasteiger partial charge in [0.1, 0.15) is 0 Å². The molecule has 0 aromatic heterocycles. The molecule has 0 fully saturated rings. The molecule has 0 aliphatic rings. The SMILES string of the molecule is CCNC(CCC(C)(C)C)Cc1ccc2ccccc2c1. The number of rotatable bonds is 6. The zero-order valence-electron chi connectivity index (χ0n) is 13.9. The maximum absolute atomic E-state index is 3.65. The summed E-state index contributed by atoms with van der Waals surface area (Å²) in [6, 6.07) is 16.1. The zero-order valence-corrected chi connectivity index (χ0v) is 13.9. The second kappa shape index (κ2) is 7.09. The van der Waals surface area contributed by atoms with Gasteiger partial charge in [-0.15, -0.1) is 0 Å². The molecule has 0 heterocycles. The Morgan fingerprint density at radius 1 is 1.00 bits per heavy atom. The number of benzene rings is 2. The summed E-state index contributed by atoms with van der Waals surface area (Å²) in [7, 11) is 0. The highest BCUT2D eigenvalue weighted by molar-refractivity contribution is 5.82. The van der Waals surface area contributed by atoms with Crippen LogP contribution >= 0.6 is 0 Å². The molecule has 1 nitrogen and oxygen atoms in total. The lowest BCUT2D eigenvalue weighted by Crippen LogP contribution is -2.32. The lowest BCUT2D eigenvalue weighted by atomic mass is 9.87. The van der Waals surface area contributed by atoms with Crippen LogP contribution in [0.5, 0.6) is 0 Å². The van der Waals surface area contributed by atoms with E-state index in [1.165, 1.54) is 29.2 Å². The van der Waals surface area contributed by atoms with E-state index in [-0.39, 0.29) is 0 Å². The summed E-state index contributed by atoms with van der Waals surface area (Å²) < 4.78 is 0. The third-order valence-corrected chi connectivity index (χ3v) is 4.03. The Hall–Kier alpha value is -1.34. The summed E-state index contributed by atoms with van der Waals surface area (Å²) in [6.07, 6.45) is 3.62. The van der Waals surface area contributed by atoms with Gasteiger partial charge < -0.3 is 5.32 Å². The number of likely N-dealkylation sites (N-methyl/N-ethyl adjacent to an activating group) is 1. The Balaban J connectivity index is 2.07. The van der Waals surface area contributed by atoms with Crippen molar-refractivity contribution in [1.29, 1.82) is 0 Å². The van der Waals surface area contributed by atoms with Gasteiger partial charge in [0.05, 0.1) is 0 Å². The van der Waals surface area contributed by atoms with Crippen LogP contribution in [0.4, 0.5) is 0 Å².